The van der Waals surface area contributed by atoms with Crippen molar-refractivity contribution in [2.45, 2.75) is 25.3 Å². The van der Waals surface area contributed by atoms with E-state index in [0.29, 0.717) is 16.7 Å². The van der Waals surface area contributed by atoms with E-state index >= 15 is 0 Å². The molecule has 0 aliphatic carbocycles. The standard InChI is InChI=1S/C20H21N5O2S/c26-18(23-20-22-12-17(28-20)15-8-10-21-11-9-15)13-25-19(27)7-6-16(24-25)14-4-2-1-3-5-14/h1-7,12,15,21H,8-11,13H2,(H,22,23,26). The van der Waals surface area contributed by atoms with Gasteiger partial charge in [-0.1, -0.05) is 30.3 Å². The second-order valence-electron chi connectivity index (χ2n) is 6.72. The van der Waals surface area contributed by atoms with Crippen LogP contribution >= 0.6 is 11.3 Å². The minimum Gasteiger partial charge on any atom is -0.317 e. The summed E-state index contributed by atoms with van der Waals surface area (Å²) >= 11 is 1.50. The van der Waals surface area contributed by atoms with Gasteiger partial charge in [0, 0.05) is 22.7 Å². The molecule has 144 valence electrons. The lowest BCUT2D eigenvalue weighted by Crippen LogP contribution is -2.29. The van der Waals surface area contributed by atoms with Crippen LogP contribution in [0.3, 0.4) is 0 Å². The number of hydrogen-bond acceptors (Lipinski definition) is 6. The molecule has 1 fully saturated rings. The highest BCUT2D eigenvalue weighted by molar-refractivity contribution is 7.15. The normalized spacial score (nSPS) is 14.7. The Bertz CT molecular complexity index is 1010. The van der Waals surface area contributed by atoms with Crippen molar-refractivity contribution in [2.24, 2.45) is 0 Å². The van der Waals surface area contributed by atoms with Crippen molar-refractivity contribution in [3.63, 3.8) is 0 Å². The largest absolute Gasteiger partial charge is 0.317 e. The monoisotopic (exact) mass is 395 g/mol. The lowest BCUT2D eigenvalue weighted by atomic mass is 9.97. The molecular weight excluding hydrogens is 374 g/mol. The number of carbonyl (C=O) groups is 1. The van der Waals surface area contributed by atoms with Gasteiger partial charge in [0.05, 0.1) is 5.69 Å². The van der Waals surface area contributed by atoms with Crippen LogP contribution in [0.5, 0.6) is 0 Å². The first-order valence-corrected chi connectivity index (χ1v) is 10.1. The Labute approximate surface area is 166 Å². The third kappa shape index (κ3) is 4.35. The van der Waals surface area contributed by atoms with Gasteiger partial charge in [-0.3, -0.25) is 9.59 Å². The van der Waals surface area contributed by atoms with Crippen molar-refractivity contribution in [3.05, 3.63) is 63.9 Å². The number of hydrogen-bond donors (Lipinski definition) is 2. The third-order valence-corrected chi connectivity index (χ3v) is 5.82. The topological polar surface area (TPSA) is 88.9 Å². The fourth-order valence-electron chi connectivity index (χ4n) is 3.26. The summed E-state index contributed by atoms with van der Waals surface area (Å²) in [4.78, 5) is 30.0. The quantitative estimate of drug-likeness (QED) is 0.693. The molecule has 1 aromatic carbocycles. The number of thiazole rings is 1. The lowest BCUT2D eigenvalue weighted by Gasteiger charge is -2.20. The molecule has 3 heterocycles. The number of aromatic nitrogens is 3. The molecule has 1 aliphatic rings. The van der Waals surface area contributed by atoms with Crippen LogP contribution in [0, 0.1) is 0 Å². The van der Waals surface area contributed by atoms with Crippen molar-refractivity contribution in [3.8, 4) is 11.3 Å². The molecule has 2 N–H and O–H groups in total. The highest BCUT2D eigenvalue weighted by Gasteiger charge is 2.18. The van der Waals surface area contributed by atoms with Crippen LogP contribution in [0.2, 0.25) is 0 Å². The number of amides is 1. The number of anilines is 1. The number of rotatable bonds is 5. The number of benzene rings is 1. The van der Waals surface area contributed by atoms with Gasteiger partial charge in [0.25, 0.3) is 5.56 Å². The number of nitrogens with one attached hydrogen (secondary N) is 2. The summed E-state index contributed by atoms with van der Waals surface area (Å²) in [5, 5.41) is 11.0. The Hall–Kier alpha value is -2.84. The Kier molecular flexibility index (Phi) is 5.59. The number of nitrogens with zero attached hydrogens (tertiary/aromatic N) is 3. The first kappa shape index (κ1) is 18.5. The molecule has 0 radical (unpaired) electrons. The molecule has 0 spiro atoms. The maximum atomic E-state index is 12.4. The molecule has 7 nitrogen and oxygen atoms in total. The molecule has 1 amide bonds. The molecule has 0 saturated carbocycles. The molecule has 2 aromatic heterocycles. The van der Waals surface area contributed by atoms with Gasteiger partial charge < -0.3 is 10.6 Å². The van der Waals surface area contributed by atoms with Gasteiger partial charge in [-0.2, -0.15) is 5.10 Å². The van der Waals surface area contributed by atoms with Crippen molar-refractivity contribution in [2.75, 3.05) is 18.4 Å². The van der Waals surface area contributed by atoms with Gasteiger partial charge >= 0.3 is 0 Å². The van der Waals surface area contributed by atoms with Gasteiger partial charge in [0.15, 0.2) is 5.13 Å². The van der Waals surface area contributed by atoms with Crippen LogP contribution in [0.4, 0.5) is 5.13 Å². The first-order chi connectivity index (χ1) is 13.7. The van der Waals surface area contributed by atoms with Gasteiger partial charge in [-0.15, -0.1) is 11.3 Å². The third-order valence-electron chi connectivity index (χ3n) is 4.74. The number of piperidine rings is 1. The average molecular weight is 395 g/mol. The minimum atomic E-state index is -0.315. The second-order valence-corrected chi connectivity index (χ2v) is 7.78. The Morgan fingerprint density at radius 3 is 2.75 bits per heavy atom. The SMILES string of the molecule is O=C(Cn1nc(-c2ccccc2)ccc1=O)Nc1ncc(C2CCNCC2)s1. The van der Waals surface area contributed by atoms with E-state index in [1.807, 2.05) is 36.5 Å². The van der Waals surface area contributed by atoms with Crippen LogP contribution in [0.1, 0.15) is 23.6 Å². The van der Waals surface area contributed by atoms with E-state index in [1.165, 1.54) is 27.0 Å². The molecule has 0 atom stereocenters. The Morgan fingerprint density at radius 1 is 1.18 bits per heavy atom. The predicted molar refractivity (Wildman–Crippen MR) is 110 cm³/mol. The molecule has 1 saturated heterocycles. The highest BCUT2D eigenvalue weighted by atomic mass is 32.1. The van der Waals surface area contributed by atoms with Crippen molar-refractivity contribution in [1.82, 2.24) is 20.1 Å². The summed E-state index contributed by atoms with van der Waals surface area (Å²) < 4.78 is 1.18. The van der Waals surface area contributed by atoms with E-state index in [0.717, 1.165) is 31.5 Å². The molecule has 0 bridgehead atoms. The number of carbonyl (C=O) groups excluding carboxylic acids is 1. The summed E-state index contributed by atoms with van der Waals surface area (Å²) in [6, 6.07) is 12.6. The maximum Gasteiger partial charge on any atom is 0.267 e. The van der Waals surface area contributed by atoms with E-state index in [1.54, 1.807) is 6.07 Å². The molecule has 3 aromatic rings. The Morgan fingerprint density at radius 2 is 1.96 bits per heavy atom. The summed E-state index contributed by atoms with van der Waals surface area (Å²) in [6.07, 6.45) is 4.01. The maximum absolute atomic E-state index is 12.4. The summed E-state index contributed by atoms with van der Waals surface area (Å²) in [5.74, 6) is 0.183. The molecule has 8 heteroatoms. The summed E-state index contributed by atoms with van der Waals surface area (Å²) in [5.41, 5.74) is 1.23. The predicted octanol–water partition coefficient (Wildman–Crippen LogP) is 2.47. The van der Waals surface area contributed by atoms with Crippen LogP contribution in [-0.4, -0.2) is 33.8 Å². The van der Waals surface area contributed by atoms with Crippen molar-refractivity contribution < 1.29 is 4.79 Å². The molecular formula is C20H21N5O2S. The molecule has 4 rings (SSSR count). The van der Waals surface area contributed by atoms with Crippen LogP contribution in [-0.2, 0) is 11.3 Å². The first-order valence-electron chi connectivity index (χ1n) is 9.29. The fraction of sp³-hybridized carbons (Fsp3) is 0.300. The fourth-order valence-corrected chi connectivity index (χ4v) is 4.26. The zero-order valence-electron chi connectivity index (χ0n) is 15.3. The second kappa shape index (κ2) is 8.45. The van der Waals surface area contributed by atoms with E-state index in [4.69, 9.17) is 0 Å². The highest BCUT2D eigenvalue weighted by Crippen LogP contribution is 2.31. The van der Waals surface area contributed by atoms with Crippen LogP contribution < -0.4 is 16.2 Å². The zero-order chi connectivity index (χ0) is 19.3. The minimum absolute atomic E-state index is 0.151. The summed E-state index contributed by atoms with van der Waals surface area (Å²) in [6.45, 7) is 1.87. The van der Waals surface area contributed by atoms with Gasteiger partial charge in [0.2, 0.25) is 5.91 Å². The van der Waals surface area contributed by atoms with E-state index in [-0.39, 0.29) is 18.0 Å². The lowest BCUT2D eigenvalue weighted by molar-refractivity contribution is -0.117. The average Bonchev–Trinajstić information content (AvgIpc) is 3.19. The van der Waals surface area contributed by atoms with Crippen molar-refractivity contribution >= 4 is 22.4 Å². The molecule has 0 unspecified atom stereocenters. The van der Waals surface area contributed by atoms with Crippen molar-refractivity contribution in [1.29, 1.82) is 0 Å². The van der Waals surface area contributed by atoms with Gasteiger partial charge in [-0.25, -0.2) is 9.67 Å². The Balaban J connectivity index is 1.44. The van der Waals surface area contributed by atoms with Crippen LogP contribution in [0.25, 0.3) is 11.3 Å². The smallest absolute Gasteiger partial charge is 0.267 e. The van der Waals surface area contributed by atoms with E-state index in [9.17, 15) is 9.59 Å². The van der Waals surface area contributed by atoms with Gasteiger partial charge in [-0.05, 0) is 37.9 Å². The van der Waals surface area contributed by atoms with E-state index in [2.05, 4.69) is 20.7 Å². The molecule has 1 aliphatic heterocycles. The van der Waals surface area contributed by atoms with Gasteiger partial charge in [0.1, 0.15) is 6.54 Å². The summed E-state index contributed by atoms with van der Waals surface area (Å²) in [7, 11) is 0. The van der Waals surface area contributed by atoms with Crippen LogP contribution in [0.15, 0.2) is 53.5 Å². The van der Waals surface area contributed by atoms with E-state index < -0.39 is 0 Å². The molecule has 28 heavy (non-hydrogen) atoms. The zero-order valence-corrected chi connectivity index (χ0v) is 16.1.